The summed E-state index contributed by atoms with van der Waals surface area (Å²) in [4.78, 5) is 12.5. The van der Waals surface area contributed by atoms with Crippen molar-refractivity contribution in [3.63, 3.8) is 0 Å². The zero-order valence-corrected chi connectivity index (χ0v) is 15.7. The number of halogens is 1. The number of ether oxygens (including phenoxy) is 1. The number of fused-ring (bicyclic) bond motifs is 1. The third-order valence-corrected chi connectivity index (χ3v) is 6.02. The molecule has 0 saturated heterocycles. The standard InChI is InChI=1S/C20H18FNO4S/c1-3-4-13-22(27(24,25)16-11-9-15(2)10-12-16)14-20(21)19(23)17-7-5-6-8-18(17)26-20/h5-12H,13-14H2,1-2H3. The molecule has 140 valence electrons. The van der Waals surface area contributed by atoms with E-state index >= 15 is 4.39 Å². The first-order valence-corrected chi connectivity index (χ1v) is 9.70. The van der Waals surface area contributed by atoms with Crippen LogP contribution in [-0.2, 0) is 10.0 Å². The summed E-state index contributed by atoms with van der Waals surface area (Å²) in [6, 6.07) is 12.3. The zero-order chi connectivity index (χ0) is 19.7. The van der Waals surface area contributed by atoms with Gasteiger partial charge in [0.05, 0.1) is 23.5 Å². The lowest BCUT2D eigenvalue weighted by Gasteiger charge is -2.26. The van der Waals surface area contributed by atoms with Crippen molar-refractivity contribution in [1.82, 2.24) is 4.31 Å². The second kappa shape index (κ2) is 7.14. The number of aryl methyl sites for hydroxylation is 1. The molecule has 0 bridgehead atoms. The minimum absolute atomic E-state index is 0.00226. The minimum atomic E-state index is -4.07. The Morgan fingerprint density at radius 2 is 1.81 bits per heavy atom. The number of carbonyl (C=O) groups is 1. The second-order valence-corrected chi connectivity index (χ2v) is 8.11. The fourth-order valence-corrected chi connectivity index (χ4v) is 4.10. The number of hydrogen-bond donors (Lipinski definition) is 0. The summed E-state index contributed by atoms with van der Waals surface area (Å²) in [7, 11) is -4.07. The third-order valence-electron chi connectivity index (χ3n) is 4.21. The molecule has 3 rings (SSSR count). The normalized spacial score (nSPS) is 18.6. The van der Waals surface area contributed by atoms with Gasteiger partial charge in [-0.1, -0.05) is 35.7 Å². The number of para-hydroxylation sites is 1. The van der Waals surface area contributed by atoms with E-state index < -0.39 is 28.2 Å². The molecule has 7 heteroatoms. The lowest BCUT2D eigenvalue weighted by Crippen LogP contribution is -2.49. The average Bonchev–Trinajstić information content (AvgIpc) is 2.90. The van der Waals surface area contributed by atoms with Gasteiger partial charge in [-0.25, -0.2) is 8.42 Å². The Balaban J connectivity index is 1.95. The van der Waals surface area contributed by atoms with Gasteiger partial charge in [0.1, 0.15) is 5.75 Å². The number of benzene rings is 2. The Kier molecular flexibility index (Phi) is 5.05. The van der Waals surface area contributed by atoms with E-state index in [0.29, 0.717) is 0 Å². The van der Waals surface area contributed by atoms with Crippen LogP contribution in [0.25, 0.3) is 0 Å². The molecule has 0 fully saturated rings. The van der Waals surface area contributed by atoms with Crippen LogP contribution >= 0.6 is 0 Å². The van der Waals surface area contributed by atoms with Gasteiger partial charge in [0, 0.05) is 0 Å². The molecule has 1 aliphatic rings. The van der Waals surface area contributed by atoms with E-state index in [4.69, 9.17) is 4.74 Å². The third kappa shape index (κ3) is 3.59. The molecule has 0 spiro atoms. The van der Waals surface area contributed by atoms with Crippen molar-refractivity contribution in [1.29, 1.82) is 0 Å². The van der Waals surface area contributed by atoms with Gasteiger partial charge in [0.25, 0.3) is 0 Å². The number of ketones is 1. The number of hydrogen-bond acceptors (Lipinski definition) is 4. The molecule has 0 N–H and O–H groups in total. The van der Waals surface area contributed by atoms with E-state index in [-0.39, 0.29) is 22.8 Å². The van der Waals surface area contributed by atoms with Crippen molar-refractivity contribution in [3.8, 4) is 17.6 Å². The number of alkyl halides is 1. The molecule has 1 heterocycles. The maximum atomic E-state index is 15.4. The Morgan fingerprint density at radius 1 is 1.15 bits per heavy atom. The molecule has 2 aromatic rings. The first kappa shape index (κ1) is 19.1. The predicted molar refractivity (Wildman–Crippen MR) is 98.6 cm³/mol. The van der Waals surface area contributed by atoms with Crippen LogP contribution in [0.1, 0.15) is 22.8 Å². The lowest BCUT2D eigenvalue weighted by molar-refractivity contribution is -0.0315. The highest BCUT2D eigenvalue weighted by Gasteiger charge is 2.51. The van der Waals surface area contributed by atoms with Gasteiger partial charge in [-0.15, -0.1) is 5.92 Å². The van der Waals surface area contributed by atoms with Gasteiger partial charge < -0.3 is 4.74 Å². The van der Waals surface area contributed by atoms with Gasteiger partial charge >= 0.3 is 5.85 Å². The Hall–Kier alpha value is -2.69. The molecule has 0 saturated carbocycles. The molecule has 5 nitrogen and oxygen atoms in total. The largest absolute Gasteiger partial charge is 0.449 e. The Bertz CT molecular complexity index is 1040. The molecule has 27 heavy (non-hydrogen) atoms. The van der Waals surface area contributed by atoms with Crippen LogP contribution in [0, 0.1) is 18.8 Å². The van der Waals surface area contributed by atoms with E-state index in [1.807, 2.05) is 6.92 Å². The number of Topliss-reactive ketones (excluding diaryl/α,β-unsaturated/α-hetero) is 1. The second-order valence-electron chi connectivity index (χ2n) is 6.17. The van der Waals surface area contributed by atoms with E-state index in [1.165, 1.54) is 24.3 Å². The molecule has 0 aromatic heterocycles. The molecule has 1 unspecified atom stereocenters. The van der Waals surface area contributed by atoms with Crippen LogP contribution in [0.3, 0.4) is 0 Å². The van der Waals surface area contributed by atoms with Gasteiger partial charge in [-0.3, -0.25) is 4.79 Å². The SMILES string of the molecule is CC#CCN(CC1(F)Oc2ccccc2C1=O)S(=O)(=O)c1ccc(C)cc1. The summed E-state index contributed by atoms with van der Waals surface area (Å²) in [6.07, 6.45) is 0. The Morgan fingerprint density at radius 3 is 2.44 bits per heavy atom. The van der Waals surface area contributed by atoms with Crippen LogP contribution in [0.4, 0.5) is 4.39 Å². The first-order chi connectivity index (χ1) is 12.8. The molecule has 0 radical (unpaired) electrons. The minimum Gasteiger partial charge on any atom is -0.449 e. The van der Waals surface area contributed by atoms with E-state index in [9.17, 15) is 13.2 Å². The zero-order valence-electron chi connectivity index (χ0n) is 14.9. The molecule has 2 aromatic carbocycles. The number of sulfonamides is 1. The lowest BCUT2D eigenvalue weighted by atomic mass is 10.1. The van der Waals surface area contributed by atoms with Crippen LogP contribution in [0.2, 0.25) is 0 Å². The molecule has 1 aliphatic heterocycles. The highest BCUT2D eigenvalue weighted by atomic mass is 32.2. The quantitative estimate of drug-likeness (QED) is 0.740. The number of nitrogens with zero attached hydrogens (tertiary/aromatic N) is 1. The monoisotopic (exact) mass is 387 g/mol. The fraction of sp³-hybridized carbons (Fsp3) is 0.250. The number of rotatable bonds is 5. The summed E-state index contributed by atoms with van der Waals surface area (Å²) in [6.45, 7) is 2.33. The van der Waals surface area contributed by atoms with Crippen molar-refractivity contribution in [2.24, 2.45) is 0 Å². The highest BCUT2D eigenvalue weighted by Crippen LogP contribution is 2.37. The van der Waals surface area contributed by atoms with Crippen molar-refractivity contribution in [2.45, 2.75) is 24.6 Å². The molecular weight excluding hydrogens is 369 g/mol. The maximum absolute atomic E-state index is 15.4. The molecule has 0 amide bonds. The fourth-order valence-electron chi connectivity index (χ4n) is 2.75. The summed E-state index contributed by atoms with van der Waals surface area (Å²) < 4.78 is 47.4. The molecule has 1 atom stereocenters. The van der Waals surface area contributed by atoms with E-state index in [1.54, 1.807) is 31.2 Å². The van der Waals surface area contributed by atoms with Crippen LogP contribution < -0.4 is 4.74 Å². The molecule has 0 aliphatic carbocycles. The van der Waals surface area contributed by atoms with Crippen molar-refractivity contribution >= 4 is 15.8 Å². The summed E-state index contributed by atoms with van der Waals surface area (Å²) in [5, 5.41) is 0. The molecular formula is C20H18FNO4S. The van der Waals surface area contributed by atoms with Gasteiger partial charge in [0.15, 0.2) is 0 Å². The smallest absolute Gasteiger partial charge is 0.325 e. The van der Waals surface area contributed by atoms with Crippen LogP contribution in [0.5, 0.6) is 5.75 Å². The van der Waals surface area contributed by atoms with E-state index in [0.717, 1.165) is 9.87 Å². The van der Waals surface area contributed by atoms with Crippen molar-refractivity contribution in [2.75, 3.05) is 13.1 Å². The average molecular weight is 387 g/mol. The topological polar surface area (TPSA) is 63.7 Å². The summed E-state index contributed by atoms with van der Waals surface area (Å²) in [5.74, 6) is 1.62. The van der Waals surface area contributed by atoms with Gasteiger partial charge in [-0.2, -0.15) is 8.70 Å². The van der Waals surface area contributed by atoms with Crippen molar-refractivity contribution in [3.05, 3.63) is 59.7 Å². The predicted octanol–water partition coefficient (Wildman–Crippen LogP) is 2.95. The maximum Gasteiger partial charge on any atom is 0.325 e. The summed E-state index contributed by atoms with van der Waals surface area (Å²) >= 11 is 0. The van der Waals surface area contributed by atoms with Gasteiger partial charge in [0.2, 0.25) is 15.8 Å². The summed E-state index contributed by atoms with van der Waals surface area (Å²) in [5.41, 5.74) is 0.981. The van der Waals surface area contributed by atoms with Crippen LogP contribution in [-0.4, -0.2) is 37.5 Å². The first-order valence-electron chi connectivity index (χ1n) is 8.26. The number of carbonyl (C=O) groups excluding carboxylic acids is 1. The van der Waals surface area contributed by atoms with Gasteiger partial charge in [-0.05, 0) is 38.1 Å². The van der Waals surface area contributed by atoms with Crippen molar-refractivity contribution < 1.29 is 22.3 Å². The van der Waals surface area contributed by atoms with Crippen LogP contribution in [0.15, 0.2) is 53.4 Å². The highest BCUT2D eigenvalue weighted by molar-refractivity contribution is 7.89. The Labute approximate surface area is 157 Å². The van der Waals surface area contributed by atoms with E-state index in [2.05, 4.69) is 11.8 Å².